The normalized spacial score (nSPS) is 27.5. The van der Waals surface area contributed by atoms with Crippen LogP contribution in [0, 0.1) is 11.3 Å². The van der Waals surface area contributed by atoms with Gasteiger partial charge in [-0.25, -0.2) is 4.79 Å². The number of carboxylic acids is 1. The number of amides is 2. The molecule has 8 heteroatoms. The Balaban J connectivity index is 1.72. The van der Waals surface area contributed by atoms with E-state index in [9.17, 15) is 18.9 Å². The zero-order chi connectivity index (χ0) is 16.6. The first-order valence-corrected chi connectivity index (χ1v) is 8.79. The molecule has 2 heterocycles. The van der Waals surface area contributed by atoms with Crippen LogP contribution in [0.25, 0.3) is 0 Å². The lowest BCUT2D eigenvalue weighted by Gasteiger charge is -2.22. The van der Waals surface area contributed by atoms with E-state index in [-0.39, 0.29) is 25.1 Å². The minimum Gasteiger partial charge on any atom is -0.481 e. The van der Waals surface area contributed by atoms with Gasteiger partial charge in [0.2, 0.25) is 0 Å². The molecule has 1 unspecified atom stereocenters. The summed E-state index contributed by atoms with van der Waals surface area (Å²) in [7, 11) is -1.13. The number of urea groups is 1. The zero-order valence-electron chi connectivity index (χ0n) is 12.7. The second-order valence-corrected chi connectivity index (χ2v) is 7.35. The van der Waals surface area contributed by atoms with Crippen LogP contribution in [-0.4, -0.2) is 58.8 Å². The van der Waals surface area contributed by atoms with Gasteiger partial charge in [-0.2, -0.15) is 0 Å². The van der Waals surface area contributed by atoms with Gasteiger partial charge in [-0.3, -0.25) is 9.00 Å². The van der Waals surface area contributed by atoms with E-state index >= 15 is 0 Å². The van der Waals surface area contributed by atoms with Crippen molar-refractivity contribution in [2.45, 2.75) is 4.90 Å². The lowest BCUT2D eigenvalue weighted by atomic mass is 9.81. The summed E-state index contributed by atoms with van der Waals surface area (Å²) < 4.78 is 16.8. The highest BCUT2D eigenvalue weighted by Gasteiger charge is 2.57. The third kappa shape index (κ3) is 2.84. The van der Waals surface area contributed by atoms with Crippen LogP contribution in [0.15, 0.2) is 29.2 Å². The third-order valence-electron chi connectivity index (χ3n) is 4.50. The molecule has 2 amide bonds. The molecule has 3 rings (SSSR count). The second kappa shape index (κ2) is 5.93. The molecule has 7 nitrogen and oxygen atoms in total. The van der Waals surface area contributed by atoms with Gasteiger partial charge in [0.1, 0.15) is 5.41 Å². The number of carbonyl (C=O) groups excluding carboxylic acids is 1. The number of benzene rings is 1. The van der Waals surface area contributed by atoms with Crippen molar-refractivity contribution in [2.24, 2.45) is 11.3 Å². The van der Waals surface area contributed by atoms with Gasteiger partial charge in [0, 0.05) is 46.6 Å². The third-order valence-corrected chi connectivity index (χ3v) is 5.42. The molecule has 2 saturated heterocycles. The minimum atomic E-state index is -1.13. The molecule has 2 fully saturated rings. The van der Waals surface area contributed by atoms with Crippen LogP contribution >= 0.6 is 0 Å². The fourth-order valence-corrected chi connectivity index (χ4v) is 3.71. The van der Waals surface area contributed by atoms with Crippen LogP contribution in [0.5, 0.6) is 0 Å². The fourth-order valence-electron chi connectivity index (χ4n) is 3.15. The van der Waals surface area contributed by atoms with Crippen molar-refractivity contribution < 1.29 is 23.6 Å². The highest BCUT2D eigenvalue weighted by Crippen LogP contribution is 2.41. The number of nitrogens with one attached hydrogen (secondary N) is 1. The molecule has 2 N–H and O–H groups in total. The van der Waals surface area contributed by atoms with Crippen molar-refractivity contribution in [3.63, 3.8) is 0 Å². The van der Waals surface area contributed by atoms with Crippen LogP contribution in [0.4, 0.5) is 10.5 Å². The number of rotatable bonds is 3. The van der Waals surface area contributed by atoms with E-state index in [1.165, 1.54) is 4.90 Å². The maximum atomic E-state index is 12.4. The van der Waals surface area contributed by atoms with Crippen molar-refractivity contribution in [1.29, 1.82) is 0 Å². The highest BCUT2D eigenvalue weighted by atomic mass is 32.2. The van der Waals surface area contributed by atoms with E-state index in [1.807, 2.05) is 0 Å². The maximum Gasteiger partial charge on any atom is 0.321 e. The number of hydrogen-bond donors (Lipinski definition) is 2. The molecule has 2 aliphatic heterocycles. The number of aliphatic carboxylic acids is 1. The maximum absolute atomic E-state index is 12.4. The van der Waals surface area contributed by atoms with Gasteiger partial charge in [0.05, 0.1) is 13.2 Å². The van der Waals surface area contributed by atoms with Crippen molar-refractivity contribution in [3.05, 3.63) is 24.3 Å². The molecule has 0 bridgehead atoms. The Bertz CT molecular complexity index is 680. The number of anilines is 1. The Morgan fingerprint density at radius 1 is 1.48 bits per heavy atom. The summed E-state index contributed by atoms with van der Waals surface area (Å²) in [4.78, 5) is 26.1. The molecule has 1 aromatic carbocycles. The lowest BCUT2D eigenvalue weighted by Crippen LogP contribution is -2.41. The SMILES string of the molecule is CS(=O)c1cccc(NC(=O)N2C[C@@H]3COC[C@]3(C(=O)O)C2)c1. The second-order valence-electron chi connectivity index (χ2n) is 5.97. The molecule has 0 aliphatic carbocycles. The van der Waals surface area contributed by atoms with Crippen LogP contribution in [0.2, 0.25) is 0 Å². The van der Waals surface area contributed by atoms with Crippen LogP contribution in [0.3, 0.4) is 0 Å². The smallest absolute Gasteiger partial charge is 0.321 e. The molecule has 0 saturated carbocycles. The van der Waals surface area contributed by atoms with Crippen LogP contribution < -0.4 is 5.32 Å². The predicted molar refractivity (Wildman–Crippen MR) is 83.7 cm³/mol. The Morgan fingerprint density at radius 2 is 2.26 bits per heavy atom. The van der Waals surface area contributed by atoms with Crippen molar-refractivity contribution in [3.8, 4) is 0 Å². The van der Waals surface area contributed by atoms with E-state index in [1.54, 1.807) is 30.5 Å². The minimum absolute atomic E-state index is 0.137. The molecule has 1 aromatic rings. The Labute approximate surface area is 136 Å². The van der Waals surface area contributed by atoms with Gasteiger partial charge in [-0.05, 0) is 18.2 Å². The Kier molecular flexibility index (Phi) is 4.11. The molecular weight excluding hydrogens is 320 g/mol. The van der Waals surface area contributed by atoms with Crippen LogP contribution in [-0.2, 0) is 20.3 Å². The lowest BCUT2D eigenvalue weighted by molar-refractivity contribution is -0.149. The highest BCUT2D eigenvalue weighted by molar-refractivity contribution is 7.84. The number of carbonyl (C=O) groups is 2. The summed E-state index contributed by atoms with van der Waals surface area (Å²) >= 11 is 0. The number of nitrogens with zero attached hydrogens (tertiary/aromatic N) is 1. The first-order chi connectivity index (χ1) is 10.9. The van der Waals surface area contributed by atoms with E-state index in [0.717, 1.165) is 0 Å². The monoisotopic (exact) mass is 338 g/mol. The van der Waals surface area contributed by atoms with Gasteiger partial charge in [-0.1, -0.05) is 6.07 Å². The van der Waals surface area contributed by atoms with E-state index in [2.05, 4.69) is 5.32 Å². The summed E-state index contributed by atoms with van der Waals surface area (Å²) in [5, 5.41) is 12.2. The molecule has 2 aliphatic rings. The van der Waals surface area contributed by atoms with Crippen molar-refractivity contribution >= 4 is 28.5 Å². The standard InChI is InChI=1S/C15H18N2O5S/c1-23(21)12-4-2-3-11(5-12)16-14(20)17-6-10-7-22-9-15(10,8-17)13(18)19/h2-5,10H,6-9H2,1H3,(H,16,20)(H,18,19)/t10-,15-,23?/m1/s1. The summed E-state index contributed by atoms with van der Waals surface area (Å²) in [6.07, 6.45) is 1.57. The summed E-state index contributed by atoms with van der Waals surface area (Å²) in [5.41, 5.74) is -0.454. The number of hydrogen-bond acceptors (Lipinski definition) is 4. The number of carboxylic acid groups (broad SMARTS) is 1. The molecule has 124 valence electrons. The molecule has 23 heavy (non-hydrogen) atoms. The molecular formula is C15H18N2O5S. The van der Waals surface area contributed by atoms with Gasteiger partial charge in [0.25, 0.3) is 0 Å². The largest absolute Gasteiger partial charge is 0.481 e. The predicted octanol–water partition coefficient (Wildman–Crippen LogP) is 0.989. The van der Waals surface area contributed by atoms with Crippen LogP contribution in [0.1, 0.15) is 0 Å². The van der Waals surface area contributed by atoms with E-state index < -0.39 is 22.2 Å². The Hall–Kier alpha value is -1.93. The number of ether oxygens (including phenoxy) is 1. The van der Waals surface area contributed by atoms with Gasteiger partial charge < -0.3 is 20.1 Å². The number of fused-ring (bicyclic) bond motifs is 1. The summed E-state index contributed by atoms with van der Waals surface area (Å²) in [5.74, 6) is -1.10. The summed E-state index contributed by atoms with van der Waals surface area (Å²) in [6.45, 7) is 0.997. The quantitative estimate of drug-likeness (QED) is 0.857. The molecule has 0 aromatic heterocycles. The first-order valence-electron chi connectivity index (χ1n) is 7.23. The first kappa shape index (κ1) is 15.9. The fraction of sp³-hybridized carbons (Fsp3) is 0.467. The average molecular weight is 338 g/mol. The van der Waals surface area contributed by atoms with Gasteiger partial charge in [0.15, 0.2) is 0 Å². The van der Waals surface area contributed by atoms with Crippen molar-refractivity contribution in [1.82, 2.24) is 4.90 Å². The average Bonchev–Trinajstić information content (AvgIpc) is 3.05. The number of likely N-dealkylation sites (tertiary alicyclic amines) is 1. The zero-order valence-corrected chi connectivity index (χ0v) is 13.5. The van der Waals surface area contributed by atoms with E-state index in [0.29, 0.717) is 23.7 Å². The van der Waals surface area contributed by atoms with Gasteiger partial charge >= 0.3 is 12.0 Å². The summed E-state index contributed by atoms with van der Waals surface area (Å²) in [6, 6.07) is 6.46. The van der Waals surface area contributed by atoms with Gasteiger partial charge in [-0.15, -0.1) is 0 Å². The molecule has 0 radical (unpaired) electrons. The molecule has 3 atom stereocenters. The topological polar surface area (TPSA) is 95.9 Å². The molecule has 0 spiro atoms. The Morgan fingerprint density at radius 3 is 2.91 bits per heavy atom. The van der Waals surface area contributed by atoms with E-state index in [4.69, 9.17) is 4.74 Å². The van der Waals surface area contributed by atoms with Crippen molar-refractivity contribution in [2.75, 3.05) is 37.9 Å².